The smallest absolute Gasteiger partial charge is 0.416 e. The van der Waals surface area contributed by atoms with Gasteiger partial charge in [-0.1, -0.05) is 13.0 Å². The molecule has 1 aromatic heterocycles. The van der Waals surface area contributed by atoms with Crippen molar-refractivity contribution in [2.24, 2.45) is 0 Å². The molecule has 1 heterocycles. The lowest BCUT2D eigenvalue weighted by atomic mass is 10.1. The average Bonchev–Trinajstić information content (AvgIpc) is 2.53. The van der Waals surface area contributed by atoms with Crippen molar-refractivity contribution in [1.82, 2.24) is 4.98 Å². The highest BCUT2D eigenvalue weighted by molar-refractivity contribution is 5.88. The molecule has 0 spiro atoms. The number of rotatable bonds is 4. The van der Waals surface area contributed by atoms with Gasteiger partial charge >= 0.3 is 6.09 Å². The molecule has 1 atom stereocenters. The van der Waals surface area contributed by atoms with Gasteiger partial charge in [-0.15, -0.1) is 0 Å². The Morgan fingerprint density at radius 3 is 2.68 bits per heavy atom. The van der Waals surface area contributed by atoms with Crippen LogP contribution in [0.15, 0.2) is 36.5 Å². The maximum absolute atomic E-state index is 13.5. The lowest BCUT2D eigenvalue weighted by Gasteiger charge is -2.30. The first-order valence-electron chi connectivity index (χ1n) is 8.37. The number of ether oxygens (including phenoxy) is 1. The molecule has 0 aliphatic rings. The number of amides is 1. The van der Waals surface area contributed by atoms with Crippen molar-refractivity contribution in [3.05, 3.63) is 48.4 Å². The quantitative estimate of drug-likeness (QED) is 0.763. The highest BCUT2D eigenvalue weighted by atomic mass is 19.1. The maximum atomic E-state index is 13.5. The Hall–Kier alpha value is -2.43. The molecule has 133 valence electrons. The van der Waals surface area contributed by atoms with Gasteiger partial charge in [0.2, 0.25) is 0 Å². The Bertz CT molecular complexity index is 740. The molecule has 0 aliphatic heterocycles. The molecule has 25 heavy (non-hydrogen) atoms. The topological polar surface area (TPSA) is 42.4 Å². The van der Waals surface area contributed by atoms with Crippen molar-refractivity contribution >= 4 is 11.9 Å². The van der Waals surface area contributed by atoms with Crippen LogP contribution in [-0.2, 0) is 4.74 Å². The number of hydrogen-bond donors (Lipinski definition) is 0. The molecule has 2 aromatic rings. The molecule has 0 bridgehead atoms. The number of carbonyl (C=O) groups is 1. The van der Waals surface area contributed by atoms with Crippen LogP contribution in [0.4, 0.5) is 15.0 Å². The Morgan fingerprint density at radius 2 is 2.08 bits per heavy atom. The molecule has 2 rings (SSSR count). The summed E-state index contributed by atoms with van der Waals surface area (Å²) in [6.07, 6.45) is 1.90. The standard InChI is InChI=1S/C20H24FN2O2/c1-6-14(2)23(19(24)25-20(3,4)5)18-13-16(10-11-22-18)15-8-7-9-17(21)12-15/h7,9-14H,6H2,1-5H3. The molecule has 0 aliphatic carbocycles. The third-order valence-electron chi connectivity index (χ3n) is 3.69. The molecule has 5 heteroatoms. The molecule has 1 aromatic carbocycles. The van der Waals surface area contributed by atoms with Crippen LogP contribution in [0.3, 0.4) is 0 Å². The minimum atomic E-state index is -0.600. The Kier molecular flexibility index (Phi) is 5.77. The minimum absolute atomic E-state index is 0.0888. The number of aromatic nitrogens is 1. The first-order valence-corrected chi connectivity index (χ1v) is 8.37. The fourth-order valence-electron chi connectivity index (χ4n) is 2.32. The van der Waals surface area contributed by atoms with Gasteiger partial charge in [0.15, 0.2) is 0 Å². The van der Waals surface area contributed by atoms with E-state index in [9.17, 15) is 9.18 Å². The second-order valence-corrected chi connectivity index (χ2v) is 6.93. The van der Waals surface area contributed by atoms with Crippen LogP contribution in [0.2, 0.25) is 0 Å². The summed E-state index contributed by atoms with van der Waals surface area (Å²) in [5.41, 5.74) is 0.745. The van der Waals surface area contributed by atoms with E-state index in [1.54, 1.807) is 18.3 Å². The van der Waals surface area contributed by atoms with E-state index in [0.29, 0.717) is 11.4 Å². The number of halogens is 1. The highest BCUT2D eigenvalue weighted by Crippen LogP contribution is 2.26. The number of hydrogen-bond acceptors (Lipinski definition) is 3. The Labute approximate surface area is 148 Å². The summed E-state index contributed by atoms with van der Waals surface area (Å²) in [7, 11) is 0. The first-order chi connectivity index (χ1) is 11.7. The zero-order valence-corrected chi connectivity index (χ0v) is 15.3. The van der Waals surface area contributed by atoms with Crippen LogP contribution in [0.5, 0.6) is 0 Å². The normalized spacial score (nSPS) is 12.6. The van der Waals surface area contributed by atoms with E-state index in [1.807, 2.05) is 34.6 Å². The van der Waals surface area contributed by atoms with Crippen molar-refractivity contribution in [2.45, 2.75) is 52.7 Å². The predicted octanol–water partition coefficient (Wildman–Crippen LogP) is 5.23. The fourth-order valence-corrected chi connectivity index (χ4v) is 2.32. The largest absolute Gasteiger partial charge is 0.443 e. The third-order valence-corrected chi connectivity index (χ3v) is 3.69. The van der Waals surface area contributed by atoms with E-state index < -0.39 is 11.7 Å². The van der Waals surface area contributed by atoms with Gasteiger partial charge < -0.3 is 4.74 Å². The molecule has 0 fully saturated rings. The number of carbonyl (C=O) groups excluding carboxylic acids is 1. The molecule has 0 saturated heterocycles. The van der Waals surface area contributed by atoms with Crippen LogP contribution >= 0.6 is 0 Å². The summed E-state index contributed by atoms with van der Waals surface area (Å²) in [6, 6.07) is 10.7. The molecular weight excluding hydrogens is 319 g/mol. The summed E-state index contributed by atoms with van der Waals surface area (Å²) in [5, 5.41) is 0. The van der Waals surface area contributed by atoms with E-state index in [1.165, 1.54) is 23.1 Å². The second-order valence-electron chi connectivity index (χ2n) is 6.93. The lowest BCUT2D eigenvalue weighted by Crippen LogP contribution is -2.42. The van der Waals surface area contributed by atoms with Crippen LogP contribution < -0.4 is 4.90 Å². The first kappa shape index (κ1) is 18.9. The summed E-state index contributed by atoms with van der Waals surface area (Å²) in [6.45, 7) is 9.40. The summed E-state index contributed by atoms with van der Waals surface area (Å²) in [5.74, 6) is 0.136. The summed E-state index contributed by atoms with van der Waals surface area (Å²) < 4.78 is 19.0. The van der Waals surface area contributed by atoms with Gasteiger partial charge in [-0.05, 0) is 75.6 Å². The maximum Gasteiger partial charge on any atom is 0.416 e. The molecule has 1 amide bonds. The van der Waals surface area contributed by atoms with E-state index in [2.05, 4.69) is 11.1 Å². The van der Waals surface area contributed by atoms with E-state index in [-0.39, 0.29) is 11.9 Å². The number of anilines is 1. The zero-order valence-electron chi connectivity index (χ0n) is 15.3. The molecular formula is C20H24FN2O2. The number of pyridine rings is 1. The van der Waals surface area contributed by atoms with Crippen LogP contribution in [0.1, 0.15) is 41.0 Å². The third kappa shape index (κ3) is 5.02. The highest BCUT2D eigenvalue weighted by Gasteiger charge is 2.27. The number of benzene rings is 1. The second kappa shape index (κ2) is 7.64. The van der Waals surface area contributed by atoms with Crippen molar-refractivity contribution in [2.75, 3.05) is 4.90 Å². The van der Waals surface area contributed by atoms with Crippen molar-refractivity contribution < 1.29 is 13.9 Å². The zero-order chi connectivity index (χ0) is 18.6. The van der Waals surface area contributed by atoms with Gasteiger partial charge in [0.05, 0.1) is 0 Å². The Morgan fingerprint density at radius 1 is 1.36 bits per heavy atom. The molecule has 0 saturated carbocycles. The van der Waals surface area contributed by atoms with Crippen LogP contribution in [0, 0.1) is 11.9 Å². The molecule has 4 nitrogen and oxygen atoms in total. The lowest BCUT2D eigenvalue weighted by molar-refractivity contribution is 0.0566. The van der Waals surface area contributed by atoms with E-state index in [4.69, 9.17) is 4.74 Å². The van der Waals surface area contributed by atoms with Crippen molar-refractivity contribution in [1.29, 1.82) is 0 Å². The van der Waals surface area contributed by atoms with Crippen LogP contribution in [-0.4, -0.2) is 22.7 Å². The van der Waals surface area contributed by atoms with Gasteiger partial charge in [-0.2, -0.15) is 0 Å². The SMILES string of the molecule is CCC(C)N(C(=O)OC(C)(C)C)c1cc(-c2[c]ccc(F)c2)ccn1. The number of nitrogens with zero attached hydrogens (tertiary/aromatic N) is 2. The molecule has 1 unspecified atom stereocenters. The van der Waals surface area contributed by atoms with E-state index >= 15 is 0 Å². The van der Waals surface area contributed by atoms with Gasteiger partial charge in [-0.3, -0.25) is 4.90 Å². The fraction of sp³-hybridized carbons (Fsp3) is 0.400. The summed E-state index contributed by atoms with van der Waals surface area (Å²) in [4.78, 5) is 18.5. The molecule has 1 radical (unpaired) electrons. The average molecular weight is 343 g/mol. The summed E-state index contributed by atoms with van der Waals surface area (Å²) >= 11 is 0. The van der Waals surface area contributed by atoms with Gasteiger partial charge in [0.1, 0.15) is 17.2 Å². The monoisotopic (exact) mass is 343 g/mol. The van der Waals surface area contributed by atoms with Gasteiger partial charge in [0.25, 0.3) is 0 Å². The van der Waals surface area contributed by atoms with Gasteiger partial charge in [0, 0.05) is 12.2 Å². The predicted molar refractivity (Wildman–Crippen MR) is 96.9 cm³/mol. The van der Waals surface area contributed by atoms with Crippen molar-refractivity contribution in [3.63, 3.8) is 0 Å². The van der Waals surface area contributed by atoms with Gasteiger partial charge in [-0.25, -0.2) is 14.2 Å². The van der Waals surface area contributed by atoms with E-state index in [0.717, 1.165) is 12.0 Å². The minimum Gasteiger partial charge on any atom is -0.443 e. The Balaban J connectivity index is 2.41. The molecule has 0 N–H and O–H groups in total. The van der Waals surface area contributed by atoms with Crippen LogP contribution in [0.25, 0.3) is 11.1 Å². The van der Waals surface area contributed by atoms with Crippen molar-refractivity contribution in [3.8, 4) is 11.1 Å².